The van der Waals surface area contributed by atoms with Crippen molar-refractivity contribution >= 4 is 15.9 Å². The van der Waals surface area contributed by atoms with Crippen LogP contribution in [0.15, 0.2) is 4.47 Å². The molecule has 1 unspecified atom stereocenters. The van der Waals surface area contributed by atoms with Crippen LogP contribution in [-0.2, 0) is 0 Å². The molecule has 0 aliphatic carbocycles. The molecule has 0 aliphatic heterocycles. The summed E-state index contributed by atoms with van der Waals surface area (Å²) in [6.07, 6.45) is 0. The SMILES string of the molecule is COc1c(C)c(C)c(Br)c(C)c1C(C)N(C)C. The molecule has 0 N–H and O–H groups in total. The molecule has 0 amide bonds. The lowest BCUT2D eigenvalue weighted by Crippen LogP contribution is -2.19. The molecule has 3 heteroatoms. The molecule has 2 nitrogen and oxygen atoms in total. The lowest BCUT2D eigenvalue weighted by atomic mass is 9.94. The Kier molecular flexibility index (Phi) is 4.62. The summed E-state index contributed by atoms with van der Waals surface area (Å²) in [7, 11) is 5.93. The van der Waals surface area contributed by atoms with E-state index < -0.39 is 0 Å². The highest BCUT2D eigenvalue weighted by atomic mass is 79.9. The van der Waals surface area contributed by atoms with Gasteiger partial charge in [0.1, 0.15) is 5.75 Å². The van der Waals surface area contributed by atoms with E-state index in [9.17, 15) is 0 Å². The molecule has 96 valence electrons. The molecule has 1 aromatic rings. The van der Waals surface area contributed by atoms with Crippen LogP contribution in [0.1, 0.15) is 35.2 Å². The Hall–Kier alpha value is -0.540. The third-order valence-electron chi connectivity index (χ3n) is 3.61. The Balaban J connectivity index is 3.58. The van der Waals surface area contributed by atoms with Crippen LogP contribution in [0.2, 0.25) is 0 Å². The number of halogens is 1. The molecular weight excluding hydrogens is 278 g/mol. The molecular formula is C14H22BrNO. The van der Waals surface area contributed by atoms with Crippen LogP contribution in [0.5, 0.6) is 5.75 Å². The van der Waals surface area contributed by atoms with Gasteiger partial charge in [-0.3, -0.25) is 0 Å². The minimum absolute atomic E-state index is 0.334. The highest BCUT2D eigenvalue weighted by Crippen LogP contribution is 2.40. The van der Waals surface area contributed by atoms with Gasteiger partial charge in [0.15, 0.2) is 0 Å². The Morgan fingerprint density at radius 3 is 2.00 bits per heavy atom. The fraction of sp³-hybridized carbons (Fsp3) is 0.571. The zero-order valence-corrected chi connectivity index (χ0v) is 13.4. The Morgan fingerprint density at radius 2 is 1.59 bits per heavy atom. The minimum Gasteiger partial charge on any atom is -0.496 e. The summed E-state index contributed by atoms with van der Waals surface area (Å²) < 4.78 is 6.81. The summed E-state index contributed by atoms with van der Waals surface area (Å²) in [4.78, 5) is 2.20. The van der Waals surface area contributed by atoms with Gasteiger partial charge in [-0.25, -0.2) is 0 Å². The highest BCUT2D eigenvalue weighted by Gasteiger charge is 2.21. The predicted octanol–water partition coefficient (Wildman–Crippen LogP) is 4.01. The topological polar surface area (TPSA) is 12.5 Å². The lowest BCUT2D eigenvalue weighted by Gasteiger charge is -2.27. The number of rotatable bonds is 3. The largest absolute Gasteiger partial charge is 0.496 e. The van der Waals surface area contributed by atoms with E-state index in [1.54, 1.807) is 7.11 Å². The zero-order valence-electron chi connectivity index (χ0n) is 11.8. The van der Waals surface area contributed by atoms with Gasteiger partial charge in [0.25, 0.3) is 0 Å². The second kappa shape index (κ2) is 5.40. The van der Waals surface area contributed by atoms with Crippen molar-refractivity contribution in [3.8, 4) is 5.75 Å². The summed E-state index contributed by atoms with van der Waals surface area (Å²) in [6.45, 7) is 8.59. The maximum absolute atomic E-state index is 5.62. The normalized spacial score (nSPS) is 13.0. The van der Waals surface area contributed by atoms with Gasteiger partial charge in [-0.1, -0.05) is 15.9 Å². The maximum atomic E-state index is 5.62. The molecule has 1 rings (SSSR count). The number of benzene rings is 1. The first-order valence-electron chi connectivity index (χ1n) is 5.82. The van der Waals surface area contributed by atoms with Gasteiger partial charge < -0.3 is 9.64 Å². The van der Waals surface area contributed by atoms with Gasteiger partial charge in [0.05, 0.1) is 7.11 Å². The van der Waals surface area contributed by atoms with Crippen LogP contribution >= 0.6 is 15.9 Å². The van der Waals surface area contributed by atoms with Crippen molar-refractivity contribution < 1.29 is 4.74 Å². The Morgan fingerprint density at radius 1 is 1.06 bits per heavy atom. The van der Waals surface area contributed by atoms with E-state index in [0.29, 0.717) is 6.04 Å². The molecule has 1 aromatic carbocycles. The van der Waals surface area contributed by atoms with E-state index in [1.165, 1.54) is 26.7 Å². The first-order chi connectivity index (χ1) is 7.82. The number of hydrogen-bond donors (Lipinski definition) is 0. The molecule has 0 fully saturated rings. The summed E-state index contributed by atoms with van der Waals surface area (Å²) in [5, 5.41) is 0. The van der Waals surface area contributed by atoms with E-state index in [0.717, 1.165) is 5.75 Å². The summed E-state index contributed by atoms with van der Waals surface area (Å²) in [6, 6.07) is 0.334. The number of methoxy groups -OCH3 is 1. The van der Waals surface area contributed by atoms with Crippen molar-refractivity contribution in [1.82, 2.24) is 4.90 Å². The van der Waals surface area contributed by atoms with Crippen LogP contribution in [0.25, 0.3) is 0 Å². The second-order valence-corrected chi connectivity index (χ2v) is 5.57. The van der Waals surface area contributed by atoms with Crippen molar-refractivity contribution in [3.05, 3.63) is 26.7 Å². The smallest absolute Gasteiger partial charge is 0.127 e. The van der Waals surface area contributed by atoms with E-state index in [2.05, 4.69) is 62.6 Å². The number of nitrogens with zero attached hydrogens (tertiary/aromatic N) is 1. The Bertz CT molecular complexity index is 427. The van der Waals surface area contributed by atoms with Crippen molar-refractivity contribution in [2.45, 2.75) is 33.7 Å². The van der Waals surface area contributed by atoms with Crippen molar-refractivity contribution in [2.75, 3.05) is 21.2 Å². The van der Waals surface area contributed by atoms with Gasteiger partial charge in [0, 0.05) is 16.1 Å². The zero-order chi connectivity index (χ0) is 13.3. The molecule has 0 saturated heterocycles. The fourth-order valence-corrected chi connectivity index (χ4v) is 2.64. The minimum atomic E-state index is 0.334. The average molecular weight is 300 g/mol. The first-order valence-corrected chi connectivity index (χ1v) is 6.61. The second-order valence-electron chi connectivity index (χ2n) is 4.78. The monoisotopic (exact) mass is 299 g/mol. The maximum Gasteiger partial charge on any atom is 0.127 e. The molecule has 0 heterocycles. The van der Waals surface area contributed by atoms with Gasteiger partial charge in [0.2, 0.25) is 0 Å². The average Bonchev–Trinajstić information content (AvgIpc) is 2.29. The van der Waals surface area contributed by atoms with Gasteiger partial charge in [-0.15, -0.1) is 0 Å². The van der Waals surface area contributed by atoms with E-state index >= 15 is 0 Å². The summed E-state index contributed by atoms with van der Waals surface area (Å²) in [5.41, 5.74) is 5.02. The van der Waals surface area contributed by atoms with Crippen LogP contribution in [0.3, 0.4) is 0 Å². The van der Waals surface area contributed by atoms with Crippen molar-refractivity contribution in [1.29, 1.82) is 0 Å². The third kappa shape index (κ3) is 2.50. The molecule has 0 bridgehead atoms. The third-order valence-corrected chi connectivity index (χ3v) is 4.80. The highest BCUT2D eigenvalue weighted by molar-refractivity contribution is 9.10. The molecule has 0 spiro atoms. The fourth-order valence-electron chi connectivity index (χ4n) is 2.13. The molecule has 0 radical (unpaired) electrons. The summed E-state index contributed by atoms with van der Waals surface area (Å²) in [5.74, 6) is 1.02. The first kappa shape index (κ1) is 14.5. The molecule has 0 aliphatic rings. The van der Waals surface area contributed by atoms with Gasteiger partial charge >= 0.3 is 0 Å². The standard InChI is InChI=1S/C14H22BrNO/c1-8-9(2)14(17-7)12(10(3)13(8)15)11(4)16(5)6/h11H,1-7H3. The molecule has 0 aromatic heterocycles. The number of ether oxygens (including phenoxy) is 1. The van der Waals surface area contributed by atoms with Crippen LogP contribution < -0.4 is 4.74 Å². The van der Waals surface area contributed by atoms with Crippen molar-refractivity contribution in [2.24, 2.45) is 0 Å². The molecule has 0 saturated carbocycles. The van der Waals surface area contributed by atoms with Crippen LogP contribution in [0, 0.1) is 20.8 Å². The lowest BCUT2D eigenvalue weighted by molar-refractivity contribution is 0.306. The van der Waals surface area contributed by atoms with E-state index in [4.69, 9.17) is 4.74 Å². The number of hydrogen-bond acceptors (Lipinski definition) is 2. The van der Waals surface area contributed by atoms with E-state index in [1.807, 2.05) is 0 Å². The van der Waals surface area contributed by atoms with Gasteiger partial charge in [-0.2, -0.15) is 0 Å². The predicted molar refractivity (Wildman–Crippen MR) is 77.0 cm³/mol. The van der Waals surface area contributed by atoms with Crippen LogP contribution in [0.4, 0.5) is 0 Å². The summed E-state index contributed by atoms with van der Waals surface area (Å²) >= 11 is 3.69. The van der Waals surface area contributed by atoms with Crippen molar-refractivity contribution in [3.63, 3.8) is 0 Å². The van der Waals surface area contributed by atoms with Gasteiger partial charge in [-0.05, 0) is 58.5 Å². The molecule has 17 heavy (non-hydrogen) atoms. The molecule has 1 atom stereocenters. The van der Waals surface area contributed by atoms with E-state index in [-0.39, 0.29) is 0 Å². The Labute approximate surface area is 113 Å². The van der Waals surface area contributed by atoms with Crippen LogP contribution in [-0.4, -0.2) is 26.1 Å². The quantitative estimate of drug-likeness (QED) is 0.836.